The molecular weight excluding hydrogens is 170 g/mol. The summed E-state index contributed by atoms with van der Waals surface area (Å²) >= 11 is 0. The Morgan fingerprint density at radius 2 is 2.46 bits per heavy atom. The van der Waals surface area contributed by atoms with Crippen molar-refractivity contribution >= 4 is 5.97 Å². The van der Waals surface area contributed by atoms with Gasteiger partial charge in [0.1, 0.15) is 0 Å². The highest BCUT2D eigenvalue weighted by Gasteiger charge is 2.16. The molecule has 0 aromatic heterocycles. The zero-order chi connectivity index (χ0) is 9.68. The molecule has 0 aliphatic carbocycles. The molecule has 0 radical (unpaired) electrons. The van der Waals surface area contributed by atoms with Crippen LogP contribution >= 0.6 is 0 Å². The second-order valence-electron chi connectivity index (χ2n) is 3.48. The second-order valence-corrected chi connectivity index (χ2v) is 3.48. The molecule has 1 rings (SSSR count). The van der Waals surface area contributed by atoms with Crippen molar-refractivity contribution < 1.29 is 14.3 Å². The van der Waals surface area contributed by atoms with Gasteiger partial charge in [-0.05, 0) is 20.3 Å². The van der Waals surface area contributed by atoms with Crippen molar-refractivity contribution in [3.8, 4) is 0 Å². The molecule has 76 valence electrons. The van der Waals surface area contributed by atoms with E-state index < -0.39 is 0 Å². The topological polar surface area (TPSA) is 47.6 Å². The van der Waals surface area contributed by atoms with E-state index in [9.17, 15) is 4.79 Å². The summed E-state index contributed by atoms with van der Waals surface area (Å²) in [6.45, 7) is 5.46. The van der Waals surface area contributed by atoms with E-state index in [0.29, 0.717) is 12.6 Å². The Labute approximate surface area is 78.6 Å². The Morgan fingerprint density at radius 3 is 3.00 bits per heavy atom. The predicted molar refractivity (Wildman–Crippen MR) is 48.5 cm³/mol. The average Bonchev–Trinajstić information content (AvgIpc) is 2.51. The largest absolute Gasteiger partial charge is 0.462 e. The van der Waals surface area contributed by atoms with E-state index in [4.69, 9.17) is 9.47 Å². The Bertz CT molecular complexity index is 164. The maximum atomic E-state index is 11.1. The first-order valence-corrected chi connectivity index (χ1v) is 4.69. The van der Waals surface area contributed by atoms with Gasteiger partial charge in [-0.15, -0.1) is 0 Å². The molecule has 0 aromatic rings. The zero-order valence-electron chi connectivity index (χ0n) is 8.21. The van der Waals surface area contributed by atoms with Gasteiger partial charge in [0.05, 0.1) is 19.3 Å². The lowest BCUT2D eigenvalue weighted by Gasteiger charge is -2.11. The number of nitrogens with one attached hydrogen (secondary N) is 1. The molecule has 0 saturated carbocycles. The molecule has 1 atom stereocenters. The van der Waals surface area contributed by atoms with Crippen LogP contribution in [0.5, 0.6) is 0 Å². The van der Waals surface area contributed by atoms with Gasteiger partial charge in [-0.1, -0.05) is 0 Å². The van der Waals surface area contributed by atoms with Gasteiger partial charge in [0.2, 0.25) is 0 Å². The SMILES string of the molecule is CC(C)OC(=O)CNC1CCOC1. The van der Waals surface area contributed by atoms with Crippen molar-refractivity contribution in [3.05, 3.63) is 0 Å². The second kappa shape index (κ2) is 5.19. The molecule has 4 heteroatoms. The van der Waals surface area contributed by atoms with Crippen LogP contribution in [0.25, 0.3) is 0 Å². The molecule has 1 N–H and O–H groups in total. The molecule has 1 saturated heterocycles. The lowest BCUT2D eigenvalue weighted by atomic mass is 10.3. The molecule has 1 heterocycles. The zero-order valence-corrected chi connectivity index (χ0v) is 8.21. The average molecular weight is 187 g/mol. The van der Waals surface area contributed by atoms with E-state index >= 15 is 0 Å². The van der Waals surface area contributed by atoms with E-state index in [1.165, 1.54) is 0 Å². The molecule has 0 amide bonds. The van der Waals surface area contributed by atoms with Gasteiger partial charge in [-0.2, -0.15) is 0 Å². The number of rotatable bonds is 4. The van der Waals surface area contributed by atoms with Gasteiger partial charge >= 0.3 is 5.97 Å². The van der Waals surface area contributed by atoms with Crippen LogP contribution in [-0.4, -0.2) is 37.9 Å². The van der Waals surface area contributed by atoms with Gasteiger partial charge in [-0.25, -0.2) is 0 Å². The Hall–Kier alpha value is -0.610. The predicted octanol–water partition coefficient (Wildman–Crippen LogP) is 0.317. The van der Waals surface area contributed by atoms with E-state index in [0.717, 1.165) is 13.0 Å². The molecule has 13 heavy (non-hydrogen) atoms. The van der Waals surface area contributed by atoms with E-state index in [-0.39, 0.29) is 18.6 Å². The van der Waals surface area contributed by atoms with Gasteiger partial charge in [0.25, 0.3) is 0 Å². The monoisotopic (exact) mass is 187 g/mol. The number of ether oxygens (including phenoxy) is 2. The third kappa shape index (κ3) is 4.24. The summed E-state index contributed by atoms with van der Waals surface area (Å²) in [6, 6.07) is 0.319. The number of carbonyl (C=O) groups is 1. The van der Waals surface area contributed by atoms with Crippen LogP contribution < -0.4 is 5.32 Å². The summed E-state index contributed by atoms with van der Waals surface area (Å²) in [5.41, 5.74) is 0. The van der Waals surface area contributed by atoms with Crippen molar-refractivity contribution in [1.29, 1.82) is 0 Å². The minimum absolute atomic E-state index is 0.0332. The molecule has 1 aliphatic rings. The van der Waals surface area contributed by atoms with Crippen LogP contribution in [0, 0.1) is 0 Å². The highest BCUT2D eigenvalue weighted by molar-refractivity contribution is 5.71. The number of carbonyl (C=O) groups excluding carboxylic acids is 1. The molecular formula is C9H17NO3. The lowest BCUT2D eigenvalue weighted by Crippen LogP contribution is -2.35. The molecule has 1 unspecified atom stereocenters. The van der Waals surface area contributed by atoms with Crippen molar-refractivity contribution in [3.63, 3.8) is 0 Å². The fourth-order valence-electron chi connectivity index (χ4n) is 1.23. The first-order valence-electron chi connectivity index (χ1n) is 4.69. The van der Waals surface area contributed by atoms with Crippen molar-refractivity contribution in [2.24, 2.45) is 0 Å². The van der Waals surface area contributed by atoms with Crippen molar-refractivity contribution in [2.45, 2.75) is 32.4 Å². The Balaban J connectivity index is 2.07. The summed E-state index contributed by atoms with van der Waals surface area (Å²) in [5.74, 6) is -0.193. The van der Waals surface area contributed by atoms with Crippen LogP contribution in [-0.2, 0) is 14.3 Å². The fraction of sp³-hybridized carbons (Fsp3) is 0.889. The maximum absolute atomic E-state index is 11.1. The van der Waals surface area contributed by atoms with Crippen molar-refractivity contribution in [1.82, 2.24) is 5.32 Å². The van der Waals surface area contributed by atoms with Gasteiger partial charge in [-0.3, -0.25) is 4.79 Å². The van der Waals surface area contributed by atoms with E-state index in [2.05, 4.69) is 5.32 Å². The van der Waals surface area contributed by atoms with Gasteiger partial charge < -0.3 is 14.8 Å². The highest BCUT2D eigenvalue weighted by Crippen LogP contribution is 2.02. The first kappa shape index (κ1) is 10.5. The smallest absolute Gasteiger partial charge is 0.320 e. The summed E-state index contributed by atoms with van der Waals surface area (Å²) < 4.78 is 10.1. The van der Waals surface area contributed by atoms with E-state index in [1.807, 2.05) is 13.8 Å². The van der Waals surface area contributed by atoms with Crippen LogP contribution in [0.3, 0.4) is 0 Å². The standard InChI is InChI=1S/C9H17NO3/c1-7(2)13-9(11)5-10-8-3-4-12-6-8/h7-8,10H,3-6H2,1-2H3. The molecule has 1 fully saturated rings. The fourth-order valence-corrected chi connectivity index (χ4v) is 1.23. The molecule has 0 aromatic carbocycles. The number of esters is 1. The first-order chi connectivity index (χ1) is 6.18. The van der Waals surface area contributed by atoms with Crippen LogP contribution in [0.2, 0.25) is 0 Å². The van der Waals surface area contributed by atoms with Gasteiger partial charge in [0, 0.05) is 12.6 Å². The normalized spacial score (nSPS) is 22.2. The van der Waals surface area contributed by atoms with Crippen LogP contribution in [0.15, 0.2) is 0 Å². The summed E-state index contributed by atoms with van der Waals surface area (Å²) in [4.78, 5) is 11.1. The summed E-state index contributed by atoms with van der Waals surface area (Å²) in [5, 5.41) is 3.09. The summed E-state index contributed by atoms with van der Waals surface area (Å²) in [6.07, 6.45) is 0.948. The maximum Gasteiger partial charge on any atom is 0.320 e. The molecule has 4 nitrogen and oxygen atoms in total. The Kier molecular flexibility index (Phi) is 4.18. The Morgan fingerprint density at radius 1 is 1.69 bits per heavy atom. The van der Waals surface area contributed by atoms with Crippen molar-refractivity contribution in [2.75, 3.05) is 19.8 Å². The summed E-state index contributed by atoms with van der Waals surface area (Å²) in [7, 11) is 0. The van der Waals surface area contributed by atoms with Gasteiger partial charge in [0.15, 0.2) is 0 Å². The lowest BCUT2D eigenvalue weighted by molar-refractivity contribution is -0.146. The van der Waals surface area contributed by atoms with Crippen LogP contribution in [0.1, 0.15) is 20.3 Å². The third-order valence-corrected chi connectivity index (χ3v) is 1.83. The molecule has 0 spiro atoms. The molecule has 0 bridgehead atoms. The molecule has 1 aliphatic heterocycles. The minimum atomic E-state index is -0.193. The van der Waals surface area contributed by atoms with Crippen LogP contribution in [0.4, 0.5) is 0 Å². The number of hydrogen-bond acceptors (Lipinski definition) is 4. The number of hydrogen-bond donors (Lipinski definition) is 1. The quantitative estimate of drug-likeness (QED) is 0.644. The highest BCUT2D eigenvalue weighted by atomic mass is 16.5. The minimum Gasteiger partial charge on any atom is -0.462 e. The third-order valence-electron chi connectivity index (χ3n) is 1.83. The van der Waals surface area contributed by atoms with E-state index in [1.54, 1.807) is 0 Å².